The van der Waals surface area contributed by atoms with Gasteiger partial charge >= 0.3 is 0 Å². The first-order valence-electron chi connectivity index (χ1n) is 5.78. The Labute approximate surface area is 111 Å². The summed E-state index contributed by atoms with van der Waals surface area (Å²) in [6.45, 7) is 4.52. The highest BCUT2D eigenvalue weighted by molar-refractivity contribution is 6.31. The van der Waals surface area contributed by atoms with Crippen molar-refractivity contribution in [3.63, 3.8) is 0 Å². The van der Waals surface area contributed by atoms with E-state index in [4.69, 9.17) is 27.9 Å². The zero-order chi connectivity index (χ0) is 12.4. The summed E-state index contributed by atoms with van der Waals surface area (Å²) in [6.07, 6.45) is 3.34. The van der Waals surface area contributed by atoms with Gasteiger partial charge in [-0.05, 0) is 42.7 Å². The predicted molar refractivity (Wildman–Crippen MR) is 66.4 cm³/mol. The lowest BCUT2D eigenvalue weighted by molar-refractivity contribution is 0.0959. The molecule has 94 valence electrons. The molecule has 1 aliphatic carbocycles. The van der Waals surface area contributed by atoms with Crippen molar-refractivity contribution in [3.8, 4) is 5.88 Å². The molecule has 4 nitrogen and oxygen atoms in total. The van der Waals surface area contributed by atoms with Gasteiger partial charge < -0.3 is 4.74 Å². The van der Waals surface area contributed by atoms with Crippen LogP contribution in [0.2, 0.25) is 10.4 Å². The molecular formula is C11H15Cl2N3O. The molecule has 1 aromatic rings. The van der Waals surface area contributed by atoms with Crippen LogP contribution in [-0.4, -0.2) is 21.3 Å². The van der Waals surface area contributed by atoms with Gasteiger partial charge in [-0.1, -0.05) is 25.4 Å². The van der Waals surface area contributed by atoms with Gasteiger partial charge in [-0.3, -0.25) is 0 Å². The monoisotopic (exact) mass is 275 g/mol. The Bertz CT molecular complexity index is 402. The van der Waals surface area contributed by atoms with Crippen molar-refractivity contribution < 1.29 is 4.74 Å². The fraction of sp³-hybridized carbons (Fsp3) is 0.727. The first kappa shape index (κ1) is 12.8. The average molecular weight is 276 g/mol. The third-order valence-electron chi connectivity index (χ3n) is 3.42. The SMILES string of the molecule is CC1CCC(Oc2nc(Cl)nnc2Cl)CC1C. The highest BCUT2D eigenvalue weighted by Crippen LogP contribution is 2.32. The zero-order valence-corrected chi connectivity index (χ0v) is 11.4. The number of halogens is 2. The molecule has 0 bridgehead atoms. The summed E-state index contributed by atoms with van der Waals surface area (Å²) in [4.78, 5) is 3.95. The molecule has 1 fully saturated rings. The Hall–Kier alpha value is -0.610. The number of nitrogens with zero attached hydrogens (tertiary/aromatic N) is 3. The van der Waals surface area contributed by atoms with Crippen molar-refractivity contribution in [2.75, 3.05) is 0 Å². The number of hydrogen-bond acceptors (Lipinski definition) is 4. The van der Waals surface area contributed by atoms with Gasteiger partial charge in [0.05, 0.1) is 0 Å². The second-order valence-corrected chi connectivity index (χ2v) is 5.38. The Morgan fingerprint density at radius 2 is 1.88 bits per heavy atom. The van der Waals surface area contributed by atoms with Gasteiger partial charge in [0, 0.05) is 0 Å². The normalized spacial score (nSPS) is 29.1. The van der Waals surface area contributed by atoms with E-state index in [0.29, 0.717) is 11.8 Å². The van der Waals surface area contributed by atoms with Crippen LogP contribution in [0.15, 0.2) is 0 Å². The Morgan fingerprint density at radius 3 is 2.59 bits per heavy atom. The van der Waals surface area contributed by atoms with Crippen molar-refractivity contribution in [2.24, 2.45) is 11.8 Å². The van der Waals surface area contributed by atoms with Crippen molar-refractivity contribution >= 4 is 23.2 Å². The summed E-state index contributed by atoms with van der Waals surface area (Å²) in [5, 5.41) is 7.45. The van der Waals surface area contributed by atoms with Gasteiger partial charge in [0.15, 0.2) is 0 Å². The van der Waals surface area contributed by atoms with Gasteiger partial charge in [-0.25, -0.2) is 0 Å². The third kappa shape index (κ3) is 3.19. The highest BCUT2D eigenvalue weighted by atomic mass is 35.5. The van der Waals surface area contributed by atoms with E-state index in [1.54, 1.807) is 0 Å². The summed E-state index contributed by atoms with van der Waals surface area (Å²) in [7, 11) is 0. The maximum absolute atomic E-state index is 5.86. The number of ether oxygens (including phenoxy) is 1. The molecule has 0 aliphatic heterocycles. The Balaban J connectivity index is 2.03. The first-order chi connectivity index (χ1) is 8.06. The summed E-state index contributed by atoms with van der Waals surface area (Å²) in [5.41, 5.74) is 0. The van der Waals surface area contributed by atoms with Crippen LogP contribution < -0.4 is 4.74 Å². The molecule has 0 saturated heterocycles. The van der Waals surface area contributed by atoms with E-state index in [-0.39, 0.29) is 16.5 Å². The van der Waals surface area contributed by atoms with Crippen LogP contribution in [0.3, 0.4) is 0 Å². The van der Waals surface area contributed by atoms with E-state index in [0.717, 1.165) is 25.2 Å². The van der Waals surface area contributed by atoms with Crippen LogP contribution in [0, 0.1) is 11.8 Å². The molecule has 1 aromatic heterocycles. The molecular weight excluding hydrogens is 261 g/mol. The van der Waals surface area contributed by atoms with Crippen LogP contribution in [-0.2, 0) is 0 Å². The van der Waals surface area contributed by atoms with E-state index < -0.39 is 0 Å². The lowest BCUT2D eigenvalue weighted by Gasteiger charge is -2.31. The first-order valence-corrected chi connectivity index (χ1v) is 6.54. The van der Waals surface area contributed by atoms with E-state index in [1.165, 1.54) is 0 Å². The van der Waals surface area contributed by atoms with Gasteiger partial charge in [-0.15, -0.1) is 10.2 Å². The number of rotatable bonds is 2. The molecule has 1 aliphatic rings. The minimum absolute atomic E-state index is 0.0571. The highest BCUT2D eigenvalue weighted by Gasteiger charge is 2.26. The molecule has 0 amide bonds. The quantitative estimate of drug-likeness (QED) is 0.830. The molecule has 6 heteroatoms. The standard InChI is InChI=1S/C11H15Cl2N3O/c1-6-3-4-8(5-7(6)2)17-10-9(12)15-16-11(13)14-10/h6-8H,3-5H2,1-2H3. The smallest absolute Gasteiger partial charge is 0.257 e. The maximum Gasteiger partial charge on any atom is 0.257 e. The molecule has 0 N–H and O–H groups in total. The molecule has 2 rings (SSSR count). The molecule has 3 unspecified atom stereocenters. The summed E-state index contributed by atoms with van der Waals surface area (Å²) in [5.74, 6) is 1.69. The van der Waals surface area contributed by atoms with Gasteiger partial charge in [0.25, 0.3) is 5.88 Å². The largest absolute Gasteiger partial charge is 0.472 e. The minimum atomic E-state index is 0.0571. The second kappa shape index (κ2) is 5.36. The Kier molecular flexibility index (Phi) is 4.05. The summed E-state index contributed by atoms with van der Waals surface area (Å²) < 4.78 is 5.76. The molecule has 3 atom stereocenters. The van der Waals surface area contributed by atoms with Crippen molar-refractivity contribution in [2.45, 2.75) is 39.2 Å². The van der Waals surface area contributed by atoms with E-state index in [9.17, 15) is 0 Å². The molecule has 0 radical (unpaired) electrons. The molecule has 17 heavy (non-hydrogen) atoms. The summed E-state index contributed by atoms with van der Waals surface area (Å²) in [6, 6.07) is 0. The van der Waals surface area contributed by atoms with Gasteiger partial charge in [0.2, 0.25) is 10.4 Å². The summed E-state index contributed by atoms with van der Waals surface area (Å²) >= 11 is 11.5. The molecule has 0 spiro atoms. The fourth-order valence-electron chi connectivity index (χ4n) is 2.12. The van der Waals surface area contributed by atoms with Crippen LogP contribution in [0.4, 0.5) is 0 Å². The predicted octanol–water partition coefficient (Wildman–Crippen LogP) is 3.38. The molecule has 0 aromatic carbocycles. The van der Waals surface area contributed by atoms with Crippen LogP contribution >= 0.6 is 23.2 Å². The van der Waals surface area contributed by atoms with Crippen molar-refractivity contribution in [3.05, 3.63) is 10.4 Å². The van der Waals surface area contributed by atoms with E-state index in [2.05, 4.69) is 29.0 Å². The maximum atomic E-state index is 5.86. The fourth-order valence-corrected chi connectivity index (χ4v) is 2.36. The van der Waals surface area contributed by atoms with E-state index >= 15 is 0 Å². The van der Waals surface area contributed by atoms with Crippen molar-refractivity contribution in [1.29, 1.82) is 0 Å². The van der Waals surface area contributed by atoms with Crippen molar-refractivity contribution in [1.82, 2.24) is 15.2 Å². The molecule has 1 saturated carbocycles. The minimum Gasteiger partial charge on any atom is -0.472 e. The third-order valence-corrected chi connectivity index (χ3v) is 3.82. The van der Waals surface area contributed by atoms with Crippen LogP contribution in [0.5, 0.6) is 5.88 Å². The van der Waals surface area contributed by atoms with E-state index in [1.807, 2.05) is 0 Å². The van der Waals surface area contributed by atoms with Crippen LogP contribution in [0.1, 0.15) is 33.1 Å². The Morgan fingerprint density at radius 1 is 1.12 bits per heavy atom. The lowest BCUT2D eigenvalue weighted by Crippen LogP contribution is -2.29. The zero-order valence-electron chi connectivity index (χ0n) is 9.86. The van der Waals surface area contributed by atoms with Gasteiger partial charge in [-0.2, -0.15) is 4.98 Å². The molecule has 1 heterocycles. The number of aromatic nitrogens is 3. The van der Waals surface area contributed by atoms with Gasteiger partial charge in [0.1, 0.15) is 6.10 Å². The average Bonchev–Trinajstić information content (AvgIpc) is 2.29. The topological polar surface area (TPSA) is 47.9 Å². The van der Waals surface area contributed by atoms with Crippen LogP contribution in [0.25, 0.3) is 0 Å². The number of hydrogen-bond donors (Lipinski definition) is 0. The lowest BCUT2D eigenvalue weighted by atomic mass is 9.80. The second-order valence-electron chi connectivity index (χ2n) is 4.68.